The topological polar surface area (TPSA) is 46.2 Å². The Morgan fingerprint density at radius 2 is 1.58 bits per heavy atom. The summed E-state index contributed by atoms with van der Waals surface area (Å²) in [6, 6.07) is 15.7. The van der Waals surface area contributed by atoms with Crippen LogP contribution in [0.15, 0.2) is 54.6 Å². The van der Waals surface area contributed by atoms with Crippen LogP contribution in [0.5, 0.6) is 0 Å². The molecule has 2 aromatic carbocycles. The lowest BCUT2D eigenvalue weighted by atomic mass is 9.94. The zero-order chi connectivity index (χ0) is 17.6. The molecule has 0 fully saturated rings. The number of nitrogens with one attached hydrogen (secondary N) is 1. The van der Waals surface area contributed by atoms with Crippen LogP contribution in [0.1, 0.15) is 42.6 Å². The Morgan fingerprint density at radius 3 is 2.25 bits per heavy atom. The zero-order valence-electron chi connectivity index (χ0n) is 14.0. The van der Waals surface area contributed by atoms with Crippen molar-refractivity contribution in [3.63, 3.8) is 0 Å². The van der Waals surface area contributed by atoms with Gasteiger partial charge in [0.2, 0.25) is 5.91 Å². The van der Waals surface area contributed by atoms with Crippen molar-refractivity contribution < 1.29 is 14.0 Å². The van der Waals surface area contributed by atoms with E-state index in [2.05, 4.69) is 5.32 Å². The summed E-state index contributed by atoms with van der Waals surface area (Å²) in [7, 11) is 0. The number of Topliss-reactive ketones (excluding diaryl/α,β-unsaturated/α-hetero) is 1. The third-order valence-corrected chi connectivity index (χ3v) is 3.72. The van der Waals surface area contributed by atoms with Crippen molar-refractivity contribution in [3.05, 3.63) is 71.5 Å². The van der Waals surface area contributed by atoms with Gasteiger partial charge < -0.3 is 5.32 Å². The van der Waals surface area contributed by atoms with Gasteiger partial charge >= 0.3 is 0 Å². The minimum Gasteiger partial charge on any atom is -0.351 e. The minimum absolute atomic E-state index is 0.00577. The molecule has 0 unspecified atom stereocenters. The molecule has 0 radical (unpaired) electrons. The first-order valence-electron chi connectivity index (χ1n) is 8.00. The van der Waals surface area contributed by atoms with Crippen LogP contribution >= 0.6 is 0 Å². The van der Waals surface area contributed by atoms with Gasteiger partial charge in [0.05, 0.1) is 5.56 Å². The van der Waals surface area contributed by atoms with Gasteiger partial charge in [-0.3, -0.25) is 9.59 Å². The average molecular weight is 327 g/mol. The van der Waals surface area contributed by atoms with Gasteiger partial charge in [-0.15, -0.1) is 0 Å². The third-order valence-electron chi connectivity index (χ3n) is 3.72. The van der Waals surface area contributed by atoms with Gasteiger partial charge in [0, 0.05) is 18.4 Å². The lowest BCUT2D eigenvalue weighted by Crippen LogP contribution is -2.45. The van der Waals surface area contributed by atoms with Crippen LogP contribution in [0.2, 0.25) is 0 Å². The molecule has 3 nitrogen and oxygen atoms in total. The van der Waals surface area contributed by atoms with Gasteiger partial charge in [-0.1, -0.05) is 42.5 Å². The van der Waals surface area contributed by atoms with E-state index in [9.17, 15) is 14.0 Å². The smallest absolute Gasteiger partial charge is 0.220 e. The highest BCUT2D eigenvalue weighted by Gasteiger charge is 2.21. The number of benzene rings is 2. The molecule has 0 aliphatic carbocycles. The lowest BCUT2D eigenvalue weighted by molar-refractivity contribution is -0.122. The third kappa shape index (κ3) is 5.30. The van der Waals surface area contributed by atoms with Crippen LogP contribution < -0.4 is 5.32 Å². The second-order valence-corrected chi connectivity index (χ2v) is 6.50. The number of carbonyl (C=O) groups is 2. The monoisotopic (exact) mass is 327 g/mol. The Bertz CT molecular complexity index is 711. The summed E-state index contributed by atoms with van der Waals surface area (Å²) in [5, 5.41) is 2.94. The summed E-state index contributed by atoms with van der Waals surface area (Å²) < 4.78 is 13.6. The molecular formula is C20H22FNO2. The Balaban J connectivity index is 1.86. The van der Waals surface area contributed by atoms with Crippen LogP contribution in [0.3, 0.4) is 0 Å². The molecule has 24 heavy (non-hydrogen) atoms. The first-order chi connectivity index (χ1) is 11.4. The second kappa shape index (κ2) is 7.86. The molecule has 0 spiro atoms. The number of ketones is 1. The fourth-order valence-electron chi connectivity index (χ4n) is 2.64. The van der Waals surface area contributed by atoms with Gasteiger partial charge in [-0.2, -0.15) is 0 Å². The zero-order valence-corrected chi connectivity index (χ0v) is 14.0. The van der Waals surface area contributed by atoms with E-state index in [0.29, 0.717) is 6.42 Å². The summed E-state index contributed by atoms with van der Waals surface area (Å²) in [4.78, 5) is 24.1. The first kappa shape index (κ1) is 17.9. The molecule has 0 bridgehead atoms. The summed E-state index contributed by atoms with van der Waals surface area (Å²) >= 11 is 0. The van der Waals surface area contributed by atoms with E-state index >= 15 is 0 Å². The molecule has 0 atom stereocenters. The molecule has 2 aromatic rings. The molecule has 126 valence electrons. The van der Waals surface area contributed by atoms with Crippen LogP contribution in [0.25, 0.3) is 0 Å². The van der Waals surface area contributed by atoms with Gasteiger partial charge in [0.25, 0.3) is 0 Å². The van der Waals surface area contributed by atoms with E-state index in [0.717, 1.165) is 5.56 Å². The summed E-state index contributed by atoms with van der Waals surface area (Å²) in [6.45, 7) is 3.88. The quantitative estimate of drug-likeness (QED) is 0.783. The highest BCUT2D eigenvalue weighted by molar-refractivity contribution is 5.98. The summed E-state index contributed by atoms with van der Waals surface area (Å²) in [5.74, 6) is -1.11. The van der Waals surface area contributed by atoms with Crippen molar-refractivity contribution >= 4 is 11.7 Å². The molecule has 1 amide bonds. The Morgan fingerprint density at radius 1 is 0.958 bits per heavy atom. The van der Waals surface area contributed by atoms with Crippen LogP contribution in [0, 0.1) is 5.82 Å². The molecule has 1 N–H and O–H groups in total. The summed E-state index contributed by atoms with van der Waals surface area (Å²) in [6.07, 6.45) is 0.737. The van der Waals surface area contributed by atoms with Crippen molar-refractivity contribution in [2.75, 3.05) is 0 Å². The molecular weight excluding hydrogens is 305 g/mol. The number of amides is 1. The molecule has 2 rings (SSSR count). The van der Waals surface area contributed by atoms with Crippen LogP contribution in [-0.4, -0.2) is 17.2 Å². The highest BCUT2D eigenvalue weighted by Crippen LogP contribution is 2.14. The number of carbonyl (C=O) groups excluding carboxylic acids is 2. The maximum atomic E-state index is 13.6. The Hall–Kier alpha value is -2.49. The van der Waals surface area contributed by atoms with E-state index in [1.54, 1.807) is 6.07 Å². The minimum atomic E-state index is -0.549. The molecule has 4 heteroatoms. The van der Waals surface area contributed by atoms with Gasteiger partial charge in [-0.05, 0) is 38.0 Å². The molecule has 0 saturated carbocycles. The fourth-order valence-corrected chi connectivity index (χ4v) is 2.64. The number of hydrogen-bond acceptors (Lipinski definition) is 2. The van der Waals surface area contributed by atoms with Crippen LogP contribution in [-0.2, 0) is 11.2 Å². The second-order valence-electron chi connectivity index (χ2n) is 6.50. The van der Waals surface area contributed by atoms with Crippen molar-refractivity contribution in [3.8, 4) is 0 Å². The fraction of sp³-hybridized carbons (Fsp3) is 0.300. The van der Waals surface area contributed by atoms with Crippen molar-refractivity contribution in [2.45, 2.75) is 38.6 Å². The van der Waals surface area contributed by atoms with Gasteiger partial charge in [0.15, 0.2) is 5.78 Å². The summed E-state index contributed by atoms with van der Waals surface area (Å²) in [5.41, 5.74) is 0.749. The maximum absolute atomic E-state index is 13.6. The molecule has 0 heterocycles. The molecule has 0 aromatic heterocycles. The van der Waals surface area contributed by atoms with E-state index in [1.807, 2.05) is 44.2 Å². The van der Waals surface area contributed by atoms with Crippen LogP contribution in [0.4, 0.5) is 4.39 Å². The normalized spacial score (nSPS) is 11.1. The van der Waals surface area contributed by atoms with Crippen molar-refractivity contribution in [1.29, 1.82) is 0 Å². The first-order valence-corrected chi connectivity index (χ1v) is 8.00. The highest BCUT2D eigenvalue weighted by atomic mass is 19.1. The standard InChI is InChI=1S/C20H22FNO2/c1-20(2,14-15-8-4-3-5-9-15)22-19(24)13-12-18(23)16-10-6-7-11-17(16)21/h3-11H,12-14H2,1-2H3,(H,22,24). The number of halogens is 1. The van der Waals surface area contributed by atoms with Gasteiger partial charge in [-0.25, -0.2) is 4.39 Å². The average Bonchev–Trinajstić information content (AvgIpc) is 2.53. The molecule has 0 aliphatic rings. The Kier molecular flexibility index (Phi) is 5.85. The maximum Gasteiger partial charge on any atom is 0.220 e. The Labute approximate surface area is 141 Å². The van der Waals surface area contributed by atoms with E-state index in [-0.39, 0.29) is 30.1 Å². The predicted octanol–water partition coefficient (Wildman–Crippen LogP) is 3.93. The van der Waals surface area contributed by atoms with E-state index in [4.69, 9.17) is 0 Å². The predicted molar refractivity (Wildman–Crippen MR) is 92.3 cm³/mol. The molecule has 0 aliphatic heterocycles. The van der Waals surface area contributed by atoms with Crippen molar-refractivity contribution in [1.82, 2.24) is 5.32 Å². The molecule has 0 saturated heterocycles. The van der Waals surface area contributed by atoms with Gasteiger partial charge in [0.1, 0.15) is 5.82 Å². The van der Waals surface area contributed by atoms with Crippen molar-refractivity contribution in [2.24, 2.45) is 0 Å². The van der Waals surface area contributed by atoms with E-state index in [1.165, 1.54) is 18.2 Å². The van der Waals surface area contributed by atoms with E-state index < -0.39 is 11.4 Å². The SMILES string of the molecule is CC(C)(Cc1ccccc1)NC(=O)CCC(=O)c1ccccc1F. The number of rotatable bonds is 7. The largest absolute Gasteiger partial charge is 0.351 e. The number of hydrogen-bond donors (Lipinski definition) is 1. The lowest BCUT2D eigenvalue weighted by Gasteiger charge is -2.26.